The number of carbonyl (C=O) groups is 1. The number of urea groups is 1. The van der Waals surface area contributed by atoms with Gasteiger partial charge < -0.3 is 4.74 Å². The predicted molar refractivity (Wildman–Crippen MR) is 144 cm³/mol. The summed E-state index contributed by atoms with van der Waals surface area (Å²) in [7, 11) is 0. The summed E-state index contributed by atoms with van der Waals surface area (Å²) in [5.74, 6) is 2.77. The Kier molecular flexibility index (Phi) is 6.43. The highest BCUT2D eigenvalue weighted by Crippen LogP contribution is 2.47. The zero-order valence-electron chi connectivity index (χ0n) is 21.8. The van der Waals surface area contributed by atoms with Crippen LogP contribution in [-0.2, 0) is 6.54 Å². The molecule has 7 heteroatoms. The molecule has 2 bridgehead atoms. The van der Waals surface area contributed by atoms with Crippen molar-refractivity contribution in [3.05, 3.63) is 59.9 Å². The molecule has 0 unspecified atom stereocenters. The van der Waals surface area contributed by atoms with E-state index in [9.17, 15) is 9.18 Å². The molecule has 0 aromatic heterocycles. The van der Waals surface area contributed by atoms with E-state index in [-0.39, 0.29) is 18.0 Å². The highest BCUT2D eigenvalue weighted by atomic mass is 19.1. The second-order valence-electron chi connectivity index (χ2n) is 11.6. The van der Waals surface area contributed by atoms with Gasteiger partial charge in [-0.05, 0) is 93.7 Å². The molecule has 196 valence electrons. The number of fused-ring (bicyclic) bond motifs is 2. The molecule has 6 rings (SSSR count). The Morgan fingerprint density at radius 3 is 2.62 bits per heavy atom. The number of nitrogens with zero attached hydrogens (tertiary/aromatic N) is 3. The quantitative estimate of drug-likeness (QED) is 0.544. The van der Waals surface area contributed by atoms with E-state index >= 15 is 0 Å². The minimum absolute atomic E-state index is 0.138. The third-order valence-electron chi connectivity index (χ3n) is 8.72. The average Bonchev–Trinajstić information content (AvgIpc) is 3.55. The molecule has 2 heterocycles. The van der Waals surface area contributed by atoms with E-state index < -0.39 is 5.54 Å². The molecule has 3 atom stereocenters. The van der Waals surface area contributed by atoms with Gasteiger partial charge in [-0.15, -0.1) is 0 Å². The Labute approximate surface area is 218 Å². The third-order valence-corrected chi connectivity index (χ3v) is 8.72. The lowest BCUT2D eigenvalue weighted by atomic mass is 9.84. The second kappa shape index (κ2) is 9.75. The zero-order chi connectivity index (χ0) is 25.6. The summed E-state index contributed by atoms with van der Waals surface area (Å²) in [5.41, 5.74) is 1.25. The van der Waals surface area contributed by atoms with Crippen molar-refractivity contribution in [1.29, 1.82) is 0 Å². The number of halogens is 1. The summed E-state index contributed by atoms with van der Waals surface area (Å²) in [6.45, 7) is 6.55. The lowest BCUT2D eigenvalue weighted by Crippen LogP contribution is -2.57. The van der Waals surface area contributed by atoms with Crippen LogP contribution in [0, 0.1) is 17.7 Å². The molecular formula is C30H37FN4O2. The van der Waals surface area contributed by atoms with Gasteiger partial charge in [-0.3, -0.25) is 20.1 Å². The molecule has 2 aliphatic carbocycles. The number of anilines is 1. The van der Waals surface area contributed by atoms with Gasteiger partial charge in [0.05, 0.1) is 12.1 Å². The number of hydrogen-bond donors (Lipinski definition) is 1. The van der Waals surface area contributed by atoms with Crippen molar-refractivity contribution in [2.24, 2.45) is 16.8 Å². The number of ether oxygens (including phenoxy) is 1. The summed E-state index contributed by atoms with van der Waals surface area (Å²) in [6.07, 6.45) is 6.60. The van der Waals surface area contributed by atoms with Gasteiger partial charge in [-0.25, -0.2) is 9.18 Å². The third kappa shape index (κ3) is 4.74. The Balaban J connectivity index is 1.25. The molecule has 2 aliphatic heterocycles. The van der Waals surface area contributed by atoms with E-state index in [2.05, 4.69) is 22.3 Å². The fourth-order valence-corrected chi connectivity index (χ4v) is 7.03. The zero-order valence-corrected chi connectivity index (χ0v) is 21.8. The van der Waals surface area contributed by atoms with E-state index in [4.69, 9.17) is 9.73 Å². The molecule has 4 aliphatic rings. The highest BCUT2D eigenvalue weighted by Gasteiger charge is 2.54. The van der Waals surface area contributed by atoms with Crippen LogP contribution in [0.3, 0.4) is 0 Å². The molecule has 37 heavy (non-hydrogen) atoms. The van der Waals surface area contributed by atoms with Crippen molar-refractivity contribution in [2.75, 3.05) is 18.0 Å². The molecule has 2 aromatic carbocycles. The maximum atomic E-state index is 14.2. The average molecular weight is 505 g/mol. The molecule has 6 nitrogen and oxygen atoms in total. The number of benzene rings is 2. The molecule has 0 radical (unpaired) electrons. The van der Waals surface area contributed by atoms with Crippen LogP contribution in [0.4, 0.5) is 14.9 Å². The number of aliphatic imine (C=N–C) groups is 1. The fraction of sp³-hybridized carbons (Fsp3) is 0.533. The fourth-order valence-electron chi connectivity index (χ4n) is 7.03. The van der Waals surface area contributed by atoms with Gasteiger partial charge in [0, 0.05) is 25.3 Å². The van der Waals surface area contributed by atoms with Crippen molar-refractivity contribution >= 4 is 17.6 Å². The van der Waals surface area contributed by atoms with E-state index in [0.29, 0.717) is 17.6 Å². The molecule has 2 saturated heterocycles. The van der Waals surface area contributed by atoms with Crippen LogP contribution >= 0.6 is 0 Å². The van der Waals surface area contributed by atoms with Crippen LogP contribution in [0.5, 0.6) is 5.75 Å². The smallest absolute Gasteiger partial charge is 0.328 e. The molecular weight excluding hydrogens is 467 g/mol. The van der Waals surface area contributed by atoms with Crippen molar-refractivity contribution in [3.8, 4) is 5.75 Å². The maximum absolute atomic E-state index is 14.2. The summed E-state index contributed by atoms with van der Waals surface area (Å²) >= 11 is 0. The summed E-state index contributed by atoms with van der Waals surface area (Å²) in [6, 6.07) is 14.8. The van der Waals surface area contributed by atoms with Gasteiger partial charge >= 0.3 is 6.03 Å². The van der Waals surface area contributed by atoms with Crippen LogP contribution < -0.4 is 15.0 Å². The van der Waals surface area contributed by atoms with Gasteiger partial charge in [-0.1, -0.05) is 24.6 Å². The minimum Gasteiger partial charge on any atom is -0.491 e. The number of amides is 2. The monoisotopic (exact) mass is 504 g/mol. The van der Waals surface area contributed by atoms with E-state index in [0.717, 1.165) is 56.4 Å². The lowest BCUT2D eigenvalue weighted by molar-refractivity contribution is 0.183. The SMILES string of the molecule is CC(C)Oc1cccc(CN2CCC3(CC2)C(=N[C@@H]2C[C@H]4CC[C@@H]2C4)NC(=O)N3c2cccc(F)c2)c1. The van der Waals surface area contributed by atoms with Gasteiger partial charge in [0.1, 0.15) is 22.9 Å². The van der Waals surface area contributed by atoms with Crippen LogP contribution in [0.25, 0.3) is 0 Å². The van der Waals surface area contributed by atoms with Gasteiger partial charge in [-0.2, -0.15) is 0 Å². The van der Waals surface area contributed by atoms with Crippen LogP contribution in [0.2, 0.25) is 0 Å². The first-order chi connectivity index (χ1) is 17.9. The van der Waals surface area contributed by atoms with Crippen molar-refractivity contribution < 1.29 is 13.9 Å². The van der Waals surface area contributed by atoms with Crippen molar-refractivity contribution in [1.82, 2.24) is 10.2 Å². The number of rotatable bonds is 6. The molecule has 2 aromatic rings. The van der Waals surface area contributed by atoms with Gasteiger partial charge in [0.15, 0.2) is 0 Å². The highest BCUT2D eigenvalue weighted by molar-refractivity contribution is 6.19. The topological polar surface area (TPSA) is 57.2 Å². The lowest BCUT2D eigenvalue weighted by Gasteiger charge is -2.44. The first kappa shape index (κ1) is 24.4. The number of amidine groups is 1. The minimum atomic E-state index is -0.564. The van der Waals surface area contributed by atoms with Crippen LogP contribution in [0.1, 0.15) is 57.9 Å². The molecule has 2 amide bonds. The first-order valence-corrected chi connectivity index (χ1v) is 13.8. The number of carbonyl (C=O) groups excluding carboxylic acids is 1. The number of piperidine rings is 1. The summed E-state index contributed by atoms with van der Waals surface area (Å²) < 4.78 is 20.1. The van der Waals surface area contributed by atoms with Crippen molar-refractivity contribution in [2.45, 2.75) is 76.6 Å². The number of nitrogens with one attached hydrogen (secondary N) is 1. The Morgan fingerprint density at radius 1 is 1.11 bits per heavy atom. The molecule has 1 spiro atoms. The summed E-state index contributed by atoms with van der Waals surface area (Å²) in [5, 5.41) is 3.14. The Bertz CT molecular complexity index is 1190. The molecule has 2 saturated carbocycles. The number of likely N-dealkylation sites (tertiary alicyclic amines) is 1. The van der Waals surface area contributed by atoms with Gasteiger partial charge in [0.25, 0.3) is 0 Å². The van der Waals surface area contributed by atoms with Crippen LogP contribution in [-0.4, -0.2) is 47.5 Å². The van der Waals surface area contributed by atoms with Gasteiger partial charge in [0.2, 0.25) is 0 Å². The van der Waals surface area contributed by atoms with E-state index in [1.54, 1.807) is 11.0 Å². The first-order valence-electron chi connectivity index (χ1n) is 13.8. The van der Waals surface area contributed by atoms with Crippen molar-refractivity contribution in [3.63, 3.8) is 0 Å². The second-order valence-corrected chi connectivity index (χ2v) is 11.6. The Hall–Kier alpha value is -2.93. The Morgan fingerprint density at radius 2 is 1.92 bits per heavy atom. The maximum Gasteiger partial charge on any atom is 0.328 e. The van der Waals surface area contributed by atoms with Crippen LogP contribution in [0.15, 0.2) is 53.5 Å². The largest absolute Gasteiger partial charge is 0.491 e. The van der Waals surface area contributed by atoms with E-state index in [1.807, 2.05) is 32.0 Å². The predicted octanol–water partition coefficient (Wildman–Crippen LogP) is 5.76. The molecule has 4 fully saturated rings. The van der Waals surface area contributed by atoms with E-state index in [1.165, 1.54) is 37.0 Å². The normalized spacial score (nSPS) is 28.0. The summed E-state index contributed by atoms with van der Waals surface area (Å²) in [4.78, 5) is 22.9. The number of hydrogen-bond acceptors (Lipinski definition) is 4. The molecule has 1 N–H and O–H groups in total. The standard InChI is InChI=1S/C30H37FN4O2/c1-20(2)37-26-8-3-5-22(16-26)19-34-13-11-30(12-14-34)28(32-27-17-21-9-10-23(27)15-21)33-29(36)35(30)25-7-4-6-24(31)18-25/h3-8,16,18,20-21,23,27H,9-15,17,19H2,1-2H3,(H,32,33,36)/t21-,23+,27+/m0/s1.